The SMILES string of the molecule is CC[C@H](C)[C@H](NC(=O)[C@H](CCC(=O)O)NC(=O)[C@H](CCC(N)=O)NC(=O)[C@H](C)NC(=O)[C@H](CCCN=C(N)N)NC(=O)[C@@H](N)CCCCN)C(=O)N[C@H](C(=O)N[C@@H](CCC(=O)O)C(=O)N[C@@H](C)C(=O)N[C@@H](CC(C)C)C(=O)O)[C@@H](C)CC. The average Bonchev–Trinajstić information content (AvgIpc) is 3.48. The van der Waals surface area contributed by atoms with E-state index in [1.165, 1.54) is 13.8 Å². The number of unbranched alkanes of at least 4 members (excludes halogenated alkanes) is 1. The number of carboxylic acids is 3. The Morgan fingerprint density at radius 1 is 0.439 bits per heavy atom. The normalized spacial score (nSPS) is 15.5. The third-order valence-electron chi connectivity index (χ3n) is 13.2. The molecule has 466 valence electrons. The van der Waals surface area contributed by atoms with Gasteiger partial charge < -0.3 is 91.8 Å². The van der Waals surface area contributed by atoms with E-state index in [1.807, 2.05) is 0 Å². The van der Waals surface area contributed by atoms with E-state index in [-0.39, 0.29) is 56.9 Å². The fourth-order valence-electron chi connectivity index (χ4n) is 7.80. The smallest absolute Gasteiger partial charge is 0.326 e. The van der Waals surface area contributed by atoms with Gasteiger partial charge in [0.15, 0.2) is 5.96 Å². The fourth-order valence-corrected chi connectivity index (χ4v) is 7.80. The molecule has 22 N–H and O–H groups in total. The van der Waals surface area contributed by atoms with Gasteiger partial charge in [-0.2, -0.15) is 0 Å². The molecule has 0 unspecified atom stereocenters. The van der Waals surface area contributed by atoms with Gasteiger partial charge in [-0.05, 0) is 89.5 Å². The van der Waals surface area contributed by atoms with E-state index in [0.717, 1.165) is 0 Å². The van der Waals surface area contributed by atoms with Crippen LogP contribution >= 0.6 is 0 Å². The van der Waals surface area contributed by atoms with Gasteiger partial charge in [-0.15, -0.1) is 0 Å². The molecule has 0 heterocycles. The maximum atomic E-state index is 14.3. The first-order valence-corrected chi connectivity index (χ1v) is 27.5. The van der Waals surface area contributed by atoms with E-state index in [2.05, 4.69) is 52.8 Å². The first-order valence-electron chi connectivity index (χ1n) is 27.5. The number of nitrogens with one attached hydrogen (secondary N) is 9. The third kappa shape index (κ3) is 29.7. The van der Waals surface area contributed by atoms with Crippen LogP contribution in [0, 0.1) is 17.8 Å². The molecule has 0 aliphatic rings. The molecule has 10 amide bonds. The van der Waals surface area contributed by atoms with Crippen molar-refractivity contribution in [3.63, 3.8) is 0 Å². The zero-order chi connectivity index (χ0) is 63.0. The molecular weight excluding hydrogens is 1080 g/mol. The Morgan fingerprint density at radius 3 is 1.23 bits per heavy atom. The van der Waals surface area contributed by atoms with Crippen molar-refractivity contribution in [2.45, 2.75) is 206 Å². The van der Waals surface area contributed by atoms with Gasteiger partial charge in [0.25, 0.3) is 0 Å². The first kappa shape index (κ1) is 74.3. The summed E-state index contributed by atoms with van der Waals surface area (Å²) in [5.74, 6) is -15.1. The lowest BCUT2D eigenvalue weighted by molar-refractivity contribution is -0.142. The zero-order valence-corrected chi connectivity index (χ0v) is 48.3. The van der Waals surface area contributed by atoms with Gasteiger partial charge in [-0.25, -0.2) is 4.79 Å². The van der Waals surface area contributed by atoms with Crippen LogP contribution in [0.25, 0.3) is 0 Å². The molecule has 0 aromatic heterocycles. The summed E-state index contributed by atoms with van der Waals surface area (Å²) in [6.45, 7) is 12.9. The van der Waals surface area contributed by atoms with Crippen LogP contribution < -0.4 is 76.5 Å². The molecule has 0 bridgehead atoms. The second-order valence-electron chi connectivity index (χ2n) is 20.7. The Balaban J connectivity index is 6.72. The van der Waals surface area contributed by atoms with Crippen molar-refractivity contribution in [1.82, 2.24) is 47.9 Å². The van der Waals surface area contributed by atoms with Gasteiger partial charge in [-0.1, -0.05) is 60.8 Å². The van der Waals surface area contributed by atoms with Crippen molar-refractivity contribution < 1.29 is 77.6 Å². The lowest BCUT2D eigenvalue weighted by Gasteiger charge is -2.31. The van der Waals surface area contributed by atoms with Gasteiger partial charge in [0.05, 0.1) is 6.04 Å². The first-order chi connectivity index (χ1) is 38.3. The number of hydrogen-bond acceptors (Lipinski definition) is 16. The minimum atomic E-state index is -1.73. The van der Waals surface area contributed by atoms with Crippen molar-refractivity contribution in [1.29, 1.82) is 0 Å². The molecule has 0 radical (unpaired) electrons. The highest BCUT2D eigenvalue weighted by Gasteiger charge is 2.37. The molecule has 31 nitrogen and oxygen atoms in total. The van der Waals surface area contributed by atoms with Crippen LogP contribution in [0.1, 0.15) is 145 Å². The number of carboxylic acid groups (broad SMARTS) is 3. The number of carbonyl (C=O) groups is 13. The van der Waals surface area contributed by atoms with Crippen molar-refractivity contribution in [2.24, 2.45) is 51.4 Å². The zero-order valence-electron chi connectivity index (χ0n) is 48.3. The number of amides is 10. The number of primary amides is 1. The highest BCUT2D eigenvalue weighted by Crippen LogP contribution is 2.15. The van der Waals surface area contributed by atoms with Crippen LogP contribution in [0.3, 0.4) is 0 Å². The molecule has 0 fully saturated rings. The number of nitrogens with two attached hydrogens (primary N) is 5. The fraction of sp³-hybridized carbons (Fsp3) is 0.725. The largest absolute Gasteiger partial charge is 0.481 e. The molecule has 0 spiro atoms. The average molecular weight is 1170 g/mol. The molecule has 0 aliphatic carbocycles. The van der Waals surface area contributed by atoms with E-state index in [1.54, 1.807) is 41.5 Å². The van der Waals surface area contributed by atoms with Gasteiger partial charge in [0, 0.05) is 25.8 Å². The molecule has 0 saturated carbocycles. The van der Waals surface area contributed by atoms with E-state index in [0.29, 0.717) is 19.4 Å². The molecular formula is C51H91N15O16. The topological polar surface area (TPSA) is 533 Å². The summed E-state index contributed by atoms with van der Waals surface area (Å²) in [4.78, 5) is 174. The lowest BCUT2D eigenvalue weighted by atomic mass is 9.94. The Labute approximate surface area is 477 Å². The maximum Gasteiger partial charge on any atom is 0.326 e. The quantitative estimate of drug-likeness (QED) is 0.0158. The van der Waals surface area contributed by atoms with Crippen molar-refractivity contribution in [3.8, 4) is 0 Å². The molecule has 31 heteroatoms. The van der Waals surface area contributed by atoms with E-state index in [9.17, 15) is 77.6 Å². The Bertz CT molecular complexity index is 2210. The lowest BCUT2D eigenvalue weighted by Crippen LogP contribution is -2.62. The summed E-state index contributed by atoms with van der Waals surface area (Å²) in [5, 5.41) is 50.7. The predicted molar refractivity (Wildman–Crippen MR) is 298 cm³/mol. The van der Waals surface area contributed by atoms with Crippen LogP contribution in [0.2, 0.25) is 0 Å². The number of carbonyl (C=O) groups excluding carboxylic acids is 10. The molecule has 0 aromatic carbocycles. The molecule has 82 heavy (non-hydrogen) atoms. The second kappa shape index (κ2) is 38.9. The molecule has 0 aromatic rings. The summed E-state index contributed by atoms with van der Waals surface area (Å²) in [5.41, 5.74) is 27.8. The Kier molecular flexibility index (Phi) is 35.2. The number of nitrogens with zero attached hydrogens (tertiary/aromatic N) is 1. The van der Waals surface area contributed by atoms with Crippen molar-refractivity contribution in [2.75, 3.05) is 13.1 Å². The number of guanidine groups is 1. The minimum absolute atomic E-state index is 0.00545. The van der Waals surface area contributed by atoms with E-state index in [4.69, 9.17) is 28.7 Å². The third-order valence-corrected chi connectivity index (χ3v) is 13.2. The van der Waals surface area contributed by atoms with Crippen LogP contribution in [0.4, 0.5) is 0 Å². The standard InChI is InChI=1S/C51H91N15O16/c1-9-26(5)39(48(79)63-33(17-20-37(68)69)45(76)59-29(8)42(73)64-35(50(81)82)24-25(3)4)66-49(80)40(27(6)10-2)65-47(78)34(18-21-38(70)71)62-46(77)32(16-19-36(54)67)60-41(72)28(7)58-44(75)31(15-13-23-57-51(55)56)61-43(74)30(53)14-11-12-22-52/h25-35,39-40H,9-24,52-53H2,1-8H3,(H2,54,67)(H,58,75)(H,59,76)(H,60,72)(H,61,74)(H,62,77)(H,63,79)(H,64,73)(H,65,78)(H,66,80)(H,68,69)(H,70,71)(H,81,82)(H4,55,56,57)/t26-,27-,28-,29-,30-,31-,32-,33-,34-,35-,39-,40-/m0/s1. The highest BCUT2D eigenvalue weighted by atomic mass is 16.4. The molecule has 12 atom stereocenters. The molecule has 0 rings (SSSR count). The molecule has 0 aliphatic heterocycles. The van der Waals surface area contributed by atoms with Gasteiger partial charge in [0.2, 0.25) is 59.1 Å². The molecule has 0 saturated heterocycles. The van der Waals surface area contributed by atoms with Crippen molar-refractivity contribution >= 4 is 82.9 Å². The summed E-state index contributed by atoms with van der Waals surface area (Å²) in [7, 11) is 0. The van der Waals surface area contributed by atoms with Crippen LogP contribution in [0.15, 0.2) is 4.99 Å². The van der Waals surface area contributed by atoms with E-state index < -0.39 is 188 Å². The second-order valence-corrected chi connectivity index (χ2v) is 20.7. The van der Waals surface area contributed by atoms with Gasteiger partial charge >= 0.3 is 17.9 Å². The number of rotatable bonds is 42. The summed E-state index contributed by atoms with van der Waals surface area (Å²) in [6, 6.07) is -14.2. The number of hydrogen-bond donors (Lipinski definition) is 17. The van der Waals surface area contributed by atoms with Gasteiger partial charge in [-0.3, -0.25) is 62.5 Å². The summed E-state index contributed by atoms with van der Waals surface area (Å²) < 4.78 is 0. The summed E-state index contributed by atoms with van der Waals surface area (Å²) >= 11 is 0. The highest BCUT2D eigenvalue weighted by molar-refractivity contribution is 5.99. The van der Waals surface area contributed by atoms with Crippen molar-refractivity contribution in [3.05, 3.63) is 0 Å². The van der Waals surface area contributed by atoms with E-state index >= 15 is 0 Å². The van der Waals surface area contributed by atoms with Crippen LogP contribution in [-0.4, -0.2) is 172 Å². The number of aliphatic carboxylic acids is 3. The predicted octanol–water partition coefficient (Wildman–Crippen LogP) is -3.88. The van der Waals surface area contributed by atoms with Crippen LogP contribution in [-0.2, 0) is 62.3 Å². The van der Waals surface area contributed by atoms with Gasteiger partial charge in [0.1, 0.15) is 54.4 Å². The summed E-state index contributed by atoms with van der Waals surface area (Å²) in [6.07, 6.45) is -1.20. The Morgan fingerprint density at radius 2 is 0.817 bits per heavy atom. The number of aliphatic imine (C=N–C) groups is 1. The minimum Gasteiger partial charge on any atom is -0.481 e. The maximum absolute atomic E-state index is 14.3. The van der Waals surface area contributed by atoms with Crippen LogP contribution in [0.5, 0.6) is 0 Å². The monoisotopic (exact) mass is 1170 g/mol. The Hall–Kier alpha value is -7.70.